The largest absolute Gasteiger partial charge is 0.438 e. The van der Waals surface area contributed by atoms with Crippen molar-refractivity contribution in [3.05, 3.63) is 71.4 Å². The summed E-state index contributed by atoms with van der Waals surface area (Å²) in [6.07, 6.45) is 4.56. The number of nitrogens with two attached hydrogens (primary N) is 1. The molecule has 1 aliphatic rings. The summed E-state index contributed by atoms with van der Waals surface area (Å²) in [6, 6.07) is 14.2. The van der Waals surface area contributed by atoms with Gasteiger partial charge in [-0.1, -0.05) is 18.6 Å². The Kier molecular flexibility index (Phi) is 8.30. The number of rotatable bonds is 7. The number of anilines is 2. The number of ether oxygens (including phenoxy) is 2. The van der Waals surface area contributed by atoms with Gasteiger partial charge in [-0.15, -0.1) is 5.10 Å². The van der Waals surface area contributed by atoms with Crippen molar-refractivity contribution in [1.29, 1.82) is 0 Å². The molecular formula is C31H37N7O4. The third-order valence-electron chi connectivity index (χ3n) is 6.82. The number of piperidine rings is 1. The highest BCUT2D eigenvalue weighted by Crippen LogP contribution is 2.29. The first-order valence-electron chi connectivity index (χ1n) is 14.1. The topological polar surface area (TPSA) is 136 Å². The van der Waals surface area contributed by atoms with Crippen LogP contribution in [-0.4, -0.2) is 50.1 Å². The number of carbonyl (C=O) groups is 2. The number of nitrogens with one attached hydrogen (secondary N) is 2. The van der Waals surface area contributed by atoms with Crippen LogP contribution in [0.25, 0.3) is 5.65 Å². The summed E-state index contributed by atoms with van der Waals surface area (Å²) in [7, 11) is 0. The van der Waals surface area contributed by atoms with Crippen LogP contribution in [0.15, 0.2) is 54.7 Å². The zero-order valence-corrected chi connectivity index (χ0v) is 24.4. The number of aryl methyl sites for hydroxylation is 1. The second-order valence-corrected chi connectivity index (χ2v) is 11.6. The number of amides is 2. The molecule has 2 aromatic heterocycles. The van der Waals surface area contributed by atoms with Gasteiger partial charge in [-0.25, -0.2) is 14.3 Å². The zero-order chi connectivity index (χ0) is 29.9. The molecule has 5 rings (SSSR count). The normalized spacial score (nSPS) is 14.0. The molecule has 42 heavy (non-hydrogen) atoms. The number of aromatic nitrogens is 3. The van der Waals surface area contributed by atoms with Crippen molar-refractivity contribution in [2.45, 2.75) is 59.0 Å². The predicted octanol–water partition coefficient (Wildman–Crippen LogP) is 5.54. The number of nitrogen functional groups attached to an aromatic ring is 1. The average molecular weight is 572 g/mol. The summed E-state index contributed by atoms with van der Waals surface area (Å²) >= 11 is 0. The molecule has 4 aromatic rings. The number of hydrogen-bond acceptors (Lipinski definition) is 8. The van der Waals surface area contributed by atoms with E-state index in [1.54, 1.807) is 42.6 Å². The van der Waals surface area contributed by atoms with Crippen LogP contribution in [0.5, 0.6) is 17.4 Å². The van der Waals surface area contributed by atoms with E-state index in [4.69, 9.17) is 15.2 Å². The standard InChI is InChI=1S/C31H37N7O4/c1-20-8-10-22(41-28-13-12-27-34-26(32)19-38(27)36-28)17-24(20)33-29(39)23-11-9-21(18-37-14-6-5-7-15-37)16-25(23)42-30(40)35-31(2,3)4/h8-13,16-17,19H,5-7,14-15,18,32H2,1-4H3,(H,33,39)(H,35,40). The third kappa shape index (κ3) is 7.35. The van der Waals surface area contributed by atoms with Crippen molar-refractivity contribution < 1.29 is 19.1 Å². The van der Waals surface area contributed by atoms with E-state index in [-0.39, 0.29) is 11.3 Å². The molecule has 1 fully saturated rings. The van der Waals surface area contributed by atoms with E-state index in [0.29, 0.717) is 28.8 Å². The minimum Gasteiger partial charge on any atom is -0.438 e. The van der Waals surface area contributed by atoms with Gasteiger partial charge in [0.1, 0.15) is 17.3 Å². The Hall–Kier alpha value is -4.64. The summed E-state index contributed by atoms with van der Waals surface area (Å²) in [5.74, 6) is 0.969. The molecule has 2 amide bonds. The molecule has 220 valence electrons. The maximum atomic E-state index is 13.6. The predicted molar refractivity (Wildman–Crippen MR) is 161 cm³/mol. The van der Waals surface area contributed by atoms with Gasteiger partial charge in [0.05, 0.1) is 11.8 Å². The van der Waals surface area contributed by atoms with Crippen molar-refractivity contribution in [3.8, 4) is 17.4 Å². The Morgan fingerprint density at radius 1 is 1.02 bits per heavy atom. The highest BCUT2D eigenvalue weighted by molar-refractivity contribution is 6.07. The highest BCUT2D eigenvalue weighted by atomic mass is 16.6. The molecule has 11 heteroatoms. The first-order chi connectivity index (χ1) is 20.0. The number of nitrogens with zero attached hydrogens (tertiary/aromatic N) is 4. The first-order valence-corrected chi connectivity index (χ1v) is 14.1. The summed E-state index contributed by atoms with van der Waals surface area (Å²) in [5.41, 5.74) is 8.46. The molecule has 1 saturated heterocycles. The van der Waals surface area contributed by atoms with E-state index in [2.05, 4.69) is 25.6 Å². The number of fused-ring (bicyclic) bond motifs is 1. The molecule has 0 atom stereocenters. The van der Waals surface area contributed by atoms with Gasteiger partial charge in [-0.3, -0.25) is 9.69 Å². The van der Waals surface area contributed by atoms with Crippen molar-refractivity contribution >= 4 is 29.2 Å². The molecule has 0 saturated carbocycles. The van der Waals surface area contributed by atoms with Gasteiger partial charge in [0, 0.05) is 29.9 Å². The average Bonchev–Trinajstić information content (AvgIpc) is 3.29. The molecule has 2 aromatic carbocycles. The Morgan fingerprint density at radius 3 is 2.57 bits per heavy atom. The highest BCUT2D eigenvalue weighted by Gasteiger charge is 2.21. The van der Waals surface area contributed by atoms with Gasteiger partial charge < -0.3 is 25.8 Å². The SMILES string of the molecule is Cc1ccc(Oc2ccc3nc(N)cn3n2)cc1NC(=O)c1ccc(CN2CCCCC2)cc1OC(=O)NC(C)(C)C. The van der Waals surface area contributed by atoms with E-state index in [0.717, 1.165) is 30.8 Å². The lowest BCUT2D eigenvalue weighted by molar-refractivity contribution is 0.102. The molecule has 4 N–H and O–H groups in total. The first kappa shape index (κ1) is 28.9. The van der Waals surface area contributed by atoms with Gasteiger partial charge in [0.15, 0.2) is 5.65 Å². The Labute approximate surface area is 245 Å². The summed E-state index contributed by atoms with van der Waals surface area (Å²) < 4.78 is 13.2. The monoisotopic (exact) mass is 571 g/mol. The maximum absolute atomic E-state index is 13.6. The molecule has 11 nitrogen and oxygen atoms in total. The Morgan fingerprint density at radius 2 is 1.81 bits per heavy atom. The quantitative estimate of drug-likeness (QED) is 0.263. The summed E-state index contributed by atoms with van der Waals surface area (Å²) in [5, 5.41) is 10.1. The van der Waals surface area contributed by atoms with Crippen molar-refractivity contribution in [1.82, 2.24) is 24.8 Å². The maximum Gasteiger partial charge on any atom is 0.413 e. The van der Waals surface area contributed by atoms with E-state index < -0.39 is 17.5 Å². The number of likely N-dealkylation sites (tertiary alicyclic amines) is 1. The van der Waals surface area contributed by atoms with Crippen molar-refractivity contribution in [2.24, 2.45) is 0 Å². The number of carbonyl (C=O) groups excluding carboxylic acids is 2. The molecular weight excluding hydrogens is 534 g/mol. The van der Waals surface area contributed by atoms with Crippen molar-refractivity contribution in [3.63, 3.8) is 0 Å². The van der Waals surface area contributed by atoms with Crippen molar-refractivity contribution in [2.75, 3.05) is 24.1 Å². The Bertz CT molecular complexity index is 1600. The number of imidazole rings is 1. The van der Waals surface area contributed by atoms with Crippen LogP contribution in [0.3, 0.4) is 0 Å². The lowest BCUT2D eigenvalue weighted by Crippen LogP contribution is -2.42. The minimum absolute atomic E-state index is 0.200. The number of benzene rings is 2. The fourth-order valence-corrected chi connectivity index (χ4v) is 4.79. The molecule has 0 aliphatic carbocycles. The summed E-state index contributed by atoms with van der Waals surface area (Å²) in [4.78, 5) is 32.8. The van der Waals surface area contributed by atoms with Gasteiger partial charge in [0.2, 0.25) is 5.88 Å². The van der Waals surface area contributed by atoms with Crippen LogP contribution < -0.4 is 25.8 Å². The Balaban J connectivity index is 1.36. The smallest absolute Gasteiger partial charge is 0.413 e. The molecule has 0 bridgehead atoms. The summed E-state index contributed by atoms with van der Waals surface area (Å²) in [6.45, 7) is 10.3. The lowest BCUT2D eigenvalue weighted by Gasteiger charge is -2.26. The van der Waals surface area contributed by atoms with Crippen LogP contribution in [0, 0.1) is 6.92 Å². The molecule has 1 aliphatic heterocycles. The second kappa shape index (κ2) is 12.1. The molecule has 3 heterocycles. The van der Waals surface area contributed by atoms with E-state index >= 15 is 0 Å². The molecule has 0 spiro atoms. The second-order valence-electron chi connectivity index (χ2n) is 11.6. The molecule has 0 radical (unpaired) electrons. The van der Waals surface area contributed by atoms with Crippen LogP contribution in [0.2, 0.25) is 0 Å². The fraction of sp³-hybridized carbons (Fsp3) is 0.355. The van der Waals surface area contributed by atoms with Gasteiger partial charge in [0.25, 0.3) is 5.91 Å². The fourth-order valence-electron chi connectivity index (χ4n) is 4.79. The number of hydrogen-bond donors (Lipinski definition) is 3. The van der Waals surface area contributed by atoms with Crippen LogP contribution in [-0.2, 0) is 6.54 Å². The van der Waals surface area contributed by atoms with Crippen LogP contribution >= 0.6 is 0 Å². The van der Waals surface area contributed by atoms with E-state index in [1.165, 1.54) is 23.8 Å². The third-order valence-corrected chi connectivity index (χ3v) is 6.82. The van der Waals surface area contributed by atoms with Gasteiger partial charge >= 0.3 is 6.09 Å². The zero-order valence-electron chi connectivity index (χ0n) is 24.4. The van der Waals surface area contributed by atoms with Crippen LogP contribution in [0.1, 0.15) is 61.5 Å². The van der Waals surface area contributed by atoms with E-state index in [1.807, 2.05) is 39.8 Å². The van der Waals surface area contributed by atoms with E-state index in [9.17, 15) is 9.59 Å². The lowest BCUT2D eigenvalue weighted by atomic mass is 10.1. The van der Waals surface area contributed by atoms with Gasteiger partial charge in [-0.05, 0) is 89.0 Å². The molecule has 0 unspecified atom stereocenters. The minimum atomic E-state index is -0.623. The van der Waals surface area contributed by atoms with Gasteiger partial charge in [-0.2, -0.15) is 0 Å². The van der Waals surface area contributed by atoms with Crippen LogP contribution in [0.4, 0.5) is 16.3 Å².